The Bertz CT molecular complexity index is 261. The standard InChI is InChI=1S/C8H14N2O2/c1-2-3-9-4-5-10(6-7-11)8(9)12/h4-5,11H,2-3,6-7H2,1H3. The SMILES string of the molecule is CCCn1ccn(CCO)c1=O. The van der Waals surface area contributed by atoms with Crippen molar-refractivity contribution < 1.29 is 5.11 Å². The van der Waals surface area contributed by atoms with Gasteiger partial charge in [-0.15, -0.1) is 0 Å². The molecule has 0 amide bonds. The molecule has 1 rings (SSSR count). The van der Waals surface area contributed by atoms with Gasteiger partial charge in [0.25, 0.3) is 0 Å². The lowest BCUT2D eigenvalue weighted by Crippen LogP contribution is -2.24. The lowest BCUT2D eigenvalue weighted by atomic mass is 10.5. The molecule has 1 N–H and O–H groups in total. The zero-order valence-corrected chi connectivity index (χ0v) is 7.23. The lowest BCUT2D eigenvalue weighted by molar-refractivity contribution is 0.273. The number of hydrogen-bond acceptors (Lipinski definition) is 2. The number of hydrogen-bond donors (Lipinski definition) is 1. The van der Waals surface area contributed by atoms with Gasteiger partial charge in [-0.25, -0.2) is 4.79 Å². The molecule has 12 heavy (non-hydrogen) atoms. The molecule has 0 aromatic carbocycles. The second kappa shape index (κ2) is 4.11. The van der Waals surface area contributed by atoms with Gasteiger partial charge in [0.05, 0.1) is 13.2 Å². The summed E-state index contributed by atoms with van der Waals surface area (Å²) in [5.41, 5.74) is -0.0362. The van der Waals surface area contributed by atoms with E-state index in [0.717, 1.165) is 13.0 Å². The molecule has 0 spiro atoms. The number of aromatic nitrogens is 2. The number of aliphatic hydroxyl groups excluding tert-OH is 1. The van der Waals surface area contributed by atoms with Crippen molar-refractivity contribution >= 4 is 0 Å². The minimum Gasteiger partial charge on any atom is -0.395 e. The molecule has 0 bridgehead atoms. The Labute approximate surface area is 71.1 Å². The van der Waals surface area contributed by atoms with Crippen LogP contribution in [0.4, 0.5) is 0 Å². The third-order valence-corrected chi connectivity index (χ3v) is 1.72. The van der Waals surface area contributed by atoms with Crippen LogP contribution in [0.2, 0.25) is 0 Å². The van der Waals surface area contributed by atoms with Crippen molar-refractivity contribution in [3.63, 3.8) is 0 Å². The maximum Gasteiger partial charge on any atom is 0.328 e. The number of imidazole rings is 1. The van der Waals surface area contributed by atoms with Crippen LogP contribution in [0.1, 0.15) is 13.3 Å². The second-order valence-corrected chi connectivity index (χ2v) is 2.69. The third-order valence-electron chi connectivity index (χ3n) is 1.72. The summed E-state index contributed by atoms with van der Waals surface area (Å²) < 4.78 is 3.16. The molecule has 0 saturated heterocycles. The topological polar surface area (TPSA) is 47.2 Å². The van der Waals surface area contributed by atoms with E-state index < -0.39 is 0 Å². The maximum absolute atomic E-state index is 11.4. The molecule has 4 nitrogen and oxygen atoms in total. The number of rotatable bonds is 4. The predicted molar refractivity (Wildman–Crippen MR) is 46.1 cm³/mol. The predicted octanol–water partition coefficient (Wildman–Crippen LogP) is 0.0521. The van der Waals surface area contributed by atoms with Gasteiger partial charge in [0.1, 0.15) is 0 Å². The van der Waals surface area contributed by atoms with Crippen LogP contribution in [0.3, 0.4) is 0 Å². The van der Waals surface area contributed by atoms with Crippen molar-refractivity contribution in [1.29, 1.82) is 0 Å². The monoisotopic (exact) mass is 170 g/mol. The van der Waals surface area contributed by atoms with Crippen molar-refractivity contribution in [2.45, 2.75) is 26.4 Å². The first-order chi connectivity index (χ1) is 5.79. The summed E-state index contributed by atoms with van der Waals surface area (Å²) in [4.78, 5) is 11.4. The molecule has 1 heterocycles. The van der Waals surface area contributed by atoms with Gasteiger partial charge >= 0.3 is 5.69 Å². The third kappa shape index (κ3) is 1.76. The molecule has 0 atom stereocenters. The quantitative estimate of drug-likeness (QED) is 0.694. The van der Waals surface area contributed by atoms with E-state index in [9.17, 15) is 4.79 Å². The highest BCUT2D eigenvalue weighted by Gasteiger charge is 1.99. The molecule has 0 unspecified atom stereocenters. The highest BCUT2D eigenvalue weighted by Crippen LogP contribution is 1.87. The van der Waals surface area contributed by atoms with Crippen molar-refractivity contribution in [3.8, 4) is 0 Å². The Morgan fingerprint density at radius 2 is 1.92 bits per heavy atom. The average molecular weight is 170 g/mol. The van der Waals surface area contributed by atoms with Gasteiger partial charge in [-0.05, 0) is 6.42 Å². The Hall–Kier alpha value is -1.03. The van der Waals surface area contributed by atoms with Crippen LogP contribution in [0, 0.1) is 0 Å². The molecule has 0 saturated carbocycles. The Balaban J connectivity index is 2.81. The molecule has 0 aliphatic rings. The maximum atomic E-state index is 11.4. The van der Waals surface area contributed by atoms with Crippen LogP contribution in [0.5, 0.6) is 0 Å². The van der Waals surface area contributed by atoms with Gasteiger partial charge in [0, 0.05) is 18.9 Å². The lowest BCUT2D eigenvalue weighted by Gasteiger charge is -1.97. The molecule has 0 radical (unpaired) electrons. The summed E-state index contributed by atoms with van der Waals surface area (Å²) >= 11 is 0. The van der Waals surface area contributed by atoms with E-state index in [-0.39, 0.29) is 12.3 Å². The van der Waals surface area contributed by atoms with Crippen LogP contribution in [-0.4, -0.2) is 20.8 Å². The van der Waals surface area contributed by atoms with Gasteiger partial charge in [-0.1, -0.05) is 6.92 Å². The molecule has 1 aromatic heterocycles. The molecule has 0 aliphatic heterocycles. The Morgan fingerprint density at radius 3 is 2.42 bits per heavy atom. The van der Waals surface area contributed by atoms with Crippen LogP contribution < -0.4 is 5.69 Å². The molecule has 0 fully saturated rings. The second-order valence-electron chi connectivity index (χ2n) is 2.69. The van der Waals surface area contributed by atoms with Gasteiger partial charge in [0.15, 0.2) is 0 Å². The van der Waals surface area contributed by atoms with Crippen molar-refractivity contribution in [2.24, 2.45) is 0 Å². The van der Waals surface area contributed by atoms with E-state index in [0.29, 0.717) is 6.54 Å². The van der Waals surface area contributed by atoms with Gasteiger partial charge < -0.3 is 5.11 Å². The normalized spacial score (nSPS) is 10.5. The first-order valence-electron chi connectivity index (χ1n) is 4.16. The molecule has 1 aromatic rings. The zero-order valence-electron chi connectivity index (χ0n) is 7.23. The van der Waals surface area contributed by atoms with Crippen LogP contribution in [0.15, 0.2) is 17.2 Å². The highest BCUT2D eigenvalue weighted by atomic mass is 16.3. The van der Waals surface area contributed by atoms with Crippen molar-refractivity contribution in [2.75, 3.05) is 6.61 Å². The van der Waals surface area contributed by atoms with Crippen LogP contribution >= 0.6 is 0 Å². The molecular formula is C8H14N2O2. The fourth-order valence-corrected chi connectivity index (χ4v) is 1.14. The first kappa shape index (κ1) is 9.06. The summed E-state index contributed by atoms with van der Waals surface area (Å²) in [7, 11) is 0. The van der Waals surface area contributed by atoms with E-state index >= 15 is 0 Å². The summed E-state index contributed by atoms with van der Waals surface area (Å²) in [6, 6.07) is 0. The minimum absolute atomic E-state index is 0.00997. The van der Waals surface area contributed by atoms with E-state index in [1.807, 2.05) is 6.92 Å². The summed E-state index contributed by atoms with van der Waals surface area (Å²) in [5.74, 6) is 0. The fourth-order valence-electron chi connectivity index (χ4n) is 1.14. The molecule has 4 heteroatoms. The van der Waals surface area contributed by atoms with Gasteiger partial charge in [-0.3, -0.25) is 9.13 Å². The molecule has 68 valence electrons. The molecular weight excluding hydrogens is 156 g/mol. The van der Waals surface area contributed by atoms with Crippen molar-refractivity contribution in [3.05, 3.63) is 22.9 Å². The summed E-state index contributed by atoms with van der Waals surface area (Å²) in [5, 5.41) is 8.61. The van der Waals surface area contributed by atoms with Crippen molar-refractivity contribution in [1.82, 2.24) is 9.13 Å². The Morgan fingerprint density at radius 1 is 1.33 bits per heavy atom. The van der Waals surface area contributed by atoms with E-state index in [1.54, 1.807) is 17.0 Å². The number of aryl methyl sites for hydroxylation is 1. The highest BCUT2D eigenvalue weighted by molar-refractivity contribution is 4.80. The summed E-state index contributed by atoms with van der Waals surface area (Å²) in [6.45, 7) is 3.17. The largest absolute Gasteiger partial charge is 0.395 e. The number of nitrogens with zero attached hydrogens (tertiary/aromatic N) is 2. The van der Waals surface area contributed by atoms with Crippen LogP contribution in [0.25, 0.3) is 0 Å². The van der Waals surface area contributed by atoms with E-state index in [1.165, 1.54) is 4.57 Å². The number of aliphatic hydroxyl groups is 1. The first-order valence-corrected chi connectivity index (χ1v) is 4.16. The fraction of sp³-hybridized carbons (Fsp3) is 0.625. The van der Waals surface area contributed by atoms with E-state index in [4.69, 9.17) is 5.11 Å². The zero-order chi connectivity index (χ0) is 8.97. The van der Waals surface area contributed by atoms with Gasteiger partial charge in [-0.2, -0.15) is 0 Å². The molecule has 0 aliphatic carbocycles. The minimum atomic E-state index is -0.0362. The average Bonchev–Trinajstić information content (AvgIpc) is 2.38. The Kier molecular flexibility index (Phi) is 3.10. The van der Waals surface area contributed by atoms with Crippen LogP contribution in [-0.2, 0) is 13.1 Å². The van der Waals surface area contributed by atoms with E-state index in [2.05, 4.69) is 0 Å². The summed E-state index contributed by atoms with van der Waals surface area (Å²) in [6.07, 6.45) is 4.40. The van der Waals surface area contributed by atoms with Gasteiger partial charge in [0.2, 0.25) is 0 Å². The smallest absolute Gasteiger partial charge is 0.328 e.